The van der Waals surface area contributed by atoms with Crippen LogP contribution in [0.5, 0.6) is 0 Å². The fourth-order valence-corrected chi connectivity index (χ4v) is 2.56. The van der Waals surface area contributed by atoms with Crippen molar-refractivity contribution in [2.75, 3.05) is 13.2 Å². The lowest BCUT2D eigenvalue weighted by molar-refractivity contribution is -0.281. The zero-order chi connectivity index (χ0) is 13.8. The van der Waals surface area contributed by atoms with E-state index in [1.807, 2.05) is 35.0 Å². The third-order valence-corrected chi connectivity index (χ3v) is 3.75. The maximum atomic E-state index is 5.99. The molecule has 0 atom stereocenters. The summed E-state index contributed by atoms with van der Waals surface area (Å²) in [5, 5.41) is 0.717. The van der Waals surface area contributed by atoms with Gasteiger partial charge in [-0.25, -0.2) is 4.98 Å². The SMILES string of the molecule is Clc1ccc(C2(CCn3ccnc3)OCCCO2)cc1. The average molecular weight is 293 g/mol. The summed E-state index contributed by atoms with van der Waals surface area (Å²) in [4.78, 5) is 4.06. The van der Waals surface area contributed by atoms with Gasteiger partial charge in [0.25, 0.3) is 0 Å². The quantitative estimate of drug-likeness (QED) is 0.868. The van der Waals surface area contributed by atoms with Crippen LogP contribution in [-0.2, 0) is 21.8 Å². The van der Waals surface area contributed by atoms with Crippen molar-refractivity contribution in [1.82, 2.24) is 9.55 Å². The summed E-state index contributed by atoms with van der Waals surface area (Å²) in [5.74, 6) is -0.674. The summed E-state index contributed by atoms with van der Waals surface area (Å²) in [6, 6.07) is 7.69. The Bertz CT molecular complexity index is 534. The van der Waals surface area contributed by atoms with Crippen LogP contribution in [0.3, 0.4) is 0 Å². The highest BCUT2D eigenvalue weighted by Gasteiger charge is 2.36. The number of ether oxygens (including phenoxy) is 2. The zero-order valence-corrected chi connectivity index (χ0v) is 11.9. The largest absolute Gasteiger partial charge is 0.346 e. The summed E-state index contributed by atoms with van der Waals surface area (Å²) in [6.07, 6.45) is 7.19. The number of benzene rings is 1. The van der Waals surface area contributed by atoms with Gasteiger partial charge in [0.2, 0.25) is 0 Å². The number of nitrogens with zero attached hydrogens (tertiary/aromatic N) is 2. The Morgan fingerprint density at radius 1 is 1.20 bits per heavy atom. The van der Waals surface area contributed by atoms with Crippen LogP contribution in [-0.4, -0.2) is 22.8 Å². The smallest absolute Gasteiger partial charge is 0.196 e. The molecule has 1 aromatic heterocycles. The molecule has 0 radical (unpaired) electrons. The molecule has 20 heavy (non-hydrogen) atoms. The summed E-state index contributed by atoms with van der Waals surface area (Å²) in [6.45, 7) is 2.22. The molecule has 0 amide bonds. The topological polar surface area (TPSA) is 36.3 Å². The highest BCUT2D eigenvalue weighted by Crippen LogP contribution is 2.35. The molecule has 0 bridgehead atoms. The van der Waals surface area contributed by atoms with E-state index < -0.39 is 5.79 Å². The van der Waals surface area contributed by atoms with Crippen LogP contribution >= 0.6 is 11.6 Å². The van der Waals surface area contributed by atoms with Gasteiger partial charge in [-0.15, -0.1) is 0 Å². The number of aromatic nitrogens is 2. The number of halogens is 1. The van der Waals surface area contributed by atoms with E-state index in [0.29, 0.717) is 18.2 Å². The van der Waals surface area contributed by atoms with Crippen molar-refractivity contribution < 1.29 is 9.47 Å². The van der Waals surface area contributed by atoms with E-state index >= 15 is 0 Å². The minimum Gasteiger partial charge on any atom is -0.346 e. The molecule has 2 heterocycles. The fraction of sp³-hybridized carbons (Fsp3) is 0.400. The lowest BCUT2D eigenvalue weighted by Gasteiger charge is -2.37. The number of hydrogen-bond donors (Lipinski definition) is 0. The van der Waals surface area contributed by atoms with E-state index in [4.69, 9.17) is 21.1 Å². The third kappa shape index (κ3) is 2.87. The first-order valence-corrected chi connectivity index (χ1v) is 7.16. The Kier molecular flexibility index (Phi) is 4.05. The second-order valence-corrected chi connectivity index (χ2v) is 5.30. The van der Waals surface area contributed by atoms with Gasteiger partial charge >= 0.3 is 0 Å². The molecule has 0 aliphatic carbocycles. The molecule has 0 saturated carbocycles. The second-order valence-electron chi connectivity index (χ2n) is 4.86. The molecule has 0 N–H and O–H groups in total. The molecular formula is C15H17ClN2O2. The summed E-state index contributed by atoms with van der Waals surface area (Å²) >= 11 is 5.96. The van der Waals surface area contributed by atoms with Gasteiger partial charge in [-0.2, -0.15) is 0 Å². The van der Waals surface area contributed by atoms with Crippen LogP contribution in [0.2, 0.25) is 5.02 Å². The first-order chi connectivity index (χ1) is 9.78. The number of rotatable bonds is 4. The lowest BCUT2D eigenvalue weighted by atomic mass is 10.0. The Morgan fingerprint density at radius 2 is 1.95 bits per heavy atom. The van der Waals surface area contributed by atoms with Crippen molar-refractivity contribution in [2.24, 2.45) is 0 Å². The van der Waals surface area contributed by atoms with Crippen molar-refractivity contribution >= 4 is 11.6 Å². The van der Waals surface area contributed by atoms with E-state index in [1.165, 1.54) is 0 Å². The van der Waals surface area contributed by atoms with Gasteiger partial charge in [0, 0.05) is 35.9 Å². The van der Waals surface area contributed by atoms with Gasteiger partial charge in [-0.1, -0.05) is 23.7 Å². The van der Waals surface area contributed by atoms with Gasteiger partial charge in [-0.3, -0.25) is 0 Å². The summed E-state index contributed by atoms with van der Waals surface area (Å²) in [5.41, 5.74) is 1.02. The third-order valence-electron chi connectivity index (χ3n) is 3.50. The zero-order valence-electron chi connectivity index (χ0n) is 11.2. The van der Waals surface area contributed by atoms with E-state index in [9.17, 15) is 0 Å². The normalized spacial score (nSPS) is 18.1. The van der Waals surface area contributed by atoms with Gasteiger partial charge < -0.3 is 14.0 Å². The predicted octanol–water partition coefficient (Wildman–Crippen LogP) is 3.22. The molecule has 106 valence electrons. The first kappa shape index (κ1) is 13.6. The van der Waals surface area contributed by atoms with Crippen molar-refractivity contribution in [3.05, 3.63) is 53.6 Å². The standard InChI is InChI=1S/C15H17ClN2O2/c16-14-4-2-13(3-5-14)15(19-10-1-11-20-15)6-8-18-9-7-17-12-18/h2-5,7,9,12H,1,6,8,10-11H2. The van der Waals surface area contributed by atoms with Gasteiger partial charge in [0.05, 0.1) is 19.5 Å². The average Bonchev–Trinajstić information content (AvgIpc) is 3.00. The monoisotopic (exact) mass is 292 g/mol. The Balaban J connectivity index is 1.82. The fourth-order valence-electron chi connectivity index (χ4n) is 2.43. The molecule has 1 fully saturated rings. The molecule has 1 aliphatic heterocycles. The predicted molar refractivity (Wildman–Crippen MR) is 76.5 cm³/mol. The van der Waals surface area contributed by atoms with Crippen LogP contribution < -0.4 is 0 Å². The molecule has 2 aromatic rings. The molecule has 0 spiro atoms. The van der Waals surface area contributed by atoms with Crippen LogP contribution in [0.15, 0.2) is 43.0 Å². The summed E-state index contributed by atoms with van der Waals surface area (Å²) in [7, 11) is 0. The lowest BCUT2D eigenvalue weighted by Crippen LogP contribution is -2.39. The van der Waals surface area contributed by atoms with Crippen molar-refractivity contribution in [1.29, 1.82) is 0 Å². The van der Waals surface area contributed by atoms with Crippen LogP contribution in [0, 0.1) is 0 Å². The van der Waals surface area contributed by atoms with Gasteiger partial charge in [0.15, 0.2) is 5.79 Å². The van der Waals surface area contributed by atoms with Crippen LogP contribution in [0.4, 0.5) is 0 Å². The molecule has 0 unspecified atom stereocenters. The Morgan fingerprint density at radius 3 is 2.60 bits per heavy atom. The molecular weight excluding hydrogens is 276 g/mol. The maximum Gasteiger partial charge on any atom is 0.196 e. The minimum atomic E-state index is -0.674. The van der Waals surface area contributed by atoms with E-state index in [0.717, 1.165) is 24.9 Å². The molecule has 3 rings (SSSR count). The maximum absolute atomic E-state index is 5.99. The highest BCUT2D eigenvalue weighted by atomic mass is 35.5. The van der Waals surface area contributed by atoms with Crippen molar-refractivity contribution in [2.45, 2.75) is 25.2 Å². The second kappa shape index (κ2) is 5.95. The highest BCUT2D eigenvalue weighted by molar-refractivity contribution is 6.30. The minimum absolute atomic E-state index is 0.674. The number of aryl methyl sites for hydroxylation is 1. The number of imidazole rings is 1. The molecule has 1 aromatic carbocycles. The van der Waals surface area contributed by atoms with E-state index in [2.05, 4.69) is 4.98 Å². The molecule has 4 nitrogen and oxygen atoms in total. The Hall–Kier alpha value is -1.36. The first-order valence-electron chi connectivity index (χ1n) is 6.78. The van der Waals surface area contributed by atoms with Gasteiger partial charge in [-0.05, 0) is 18.6 Å². The van der Waals surface area contributed by atoms with Crippen molar-refractivity contribution in [3.8, 4) is 0 Å². The number of hydrogen-bond acceptors (Lipinski definition) is 3. The molecule has 1 aliphatic rings. The van der Waals surface area contributed by atoms with E-state index in [-0.39, 0.29) is 0 Å². The van der Waals surface area contributed by atoms with Crippen LogP contribution in [0.1, 0.15) is 18.4 Å². The van der Waals surface area contributed by atoms with Gasteiger partial charge in [0.1, 0.15) is 0 Å². The Labute approximate surface area is 123 Å². The van der Waals surface area contributed by atoms with Crippen molar-refractivity contribution in [3.63, 3.8) is 0 Å². The molecule has 5 heteroatoms. The van der Waals surface area contributed by atoms with E-state index in [1.54, 1.807) is 12.5 Å². The van der Waals surface area contributed by atoms with Crippen LogP contribution in [0.25, 0.3) is 0 Å². The molecule has 1 saturated heterocycles. The summed E-state index contributed by atoms with van der Waals surface area (Å²) < 4.78 is 14.0.